The number of halogens is 1. The number of benzene rings is 2. The Kier molecular flexibility index (Phi) is 4.55. The maximum atomic E-state index is 13.1. The number of nitrogens with zero attached hydrogens (tertiary/aromatic N) is 4. The van der Waals surface area contributed by atoms with Crippen LogP contribution in [-0.2, 0) is 0 Å². The molecule has 0 radical (unpaired) electrons. The molecule has 0 bridgehead atoms. The Balaban J connectivity index is 1.50. The zero-order chi connectivity index (χ0) is 20.7. The molecule has 0 saturated heterocycles. The fourth-order valence-corrected chi connectivity index (χ4v) is 3.93. The zero-order valence-electron chi connectivity index (χ0n) is 16.1. The molecule has 4 aromatic rings. The summed E-state index contributed by atoms with van der Waals surface area (Å²) in [6, 6.07) is 13.4. The lowest BCUT2D eigenvalue weighted by atomic mass is 10.1. The predicted molar refractivity (Wildman–Crippen MR) is 111 cm³/mol. The van der Waals surface area contributed by atoms with E-state index in [4.69, 9.17) is 15.6 Å². The Bertz CT molecular complexity index is 1190. The van der Waals surface area contributed by atoms with E-state index < -0.39 is 0 Å². The van der Waals surface area contributed by atoms with Gasteiger partial charge in [0, 0.05) is 5.56 Å². The summed E-state index contributed by atoms with van der Waals surface area (Å²) in [5.41, 5.74) is 8.38. The quantitative estimate of drug-likeness (QED) is 0.530. The van der Waals surface area contributed by atoms with Crippen molar-refractivity contribution in [1.82, 2.24) is 19.7 Å². The minimum absolute atomic E-state index is 0.0756. The summed E-state index contributed by atoms with van der Waals surface area (Å²) in [7, 11) is 0. The topological polar surface area (TPSA) is 99.1 Å². The lowest BCUT2D eigenvalue weighted by Crippen LogP contribution is -2.09. The van der Waals surface area contributed by atoms with Gasteiger partial charge in [-0.15, -0.1) is 0 Å². The van der Waals surface area contributed by atoms with Gasteiger partial charge in [-0.2, -0.15) is 5.10 Å². The molecule has 3 N–H and O–H groups in total. The van der Waals surface area contributed by atoms with Crippen molar-refractivity contribution in [2.45, 2.75) is 31.4 Å². The van der Waals surface area contributed by atoms with Crippen LogP contribution in [0.1, 0.15) is 25.3 Å². The molecule has 152 valence electrons. The highest BCUT2D eigenvalue weighted by Crippen LogP contribution is 2.37. The van der Waals surface area contributed by atoms with Gasteiger partial charge in [0.05, 0.1) is 17.5 Å². The number of aliphatic hydroxyl groups excluding tert-OH is 1. The summed E-state index contributed by atoms with van der Waals surface area (Å²) >= 11 is 0. The van der Waals surface area contributed by atoms with Gasteiger partial charge in [0.1, 0.15) is 35.2 Å². The van der Waals surface area contributed by atoms with E-state index in [0.717, 1.165) is 18.4 Å². The van der Waals surface area contributed by atoms with Crippen LogP contribution in [0.15, 0.2) is 54.9 Å². The Labute approximate surface area is 172 Å². The summed E-state index contributed by atoms with van der Waals surface area (Å²) in [4.78, 5) is 8.55. The van der Waals surface area contributed by atoms with Crippen molar-refractivity contribution in [3.8, 4) is 22.8 Å². The molecule has 2 heterocycles. The first-order valence-corrected chi connectivity index (χ1v) is 9.79. The Morgan fingerprint density at radius 2 is 1.70 bits per heavy atom. The van der Waals surface area contributed by atoms with E-state index in [2.05, 4.69) is 9.97 Å². The van der Waals surface area contributed by atoms with Gasteiger partial charge < -0.3 is 15.6 Å². The van der Waals surface area contributed by atoms with Crippen LogP contribution >= 0.6 is 0 Å². The van der Waals surface area contributed by atoms with E-state index >= 15 is 0 Å². The fourth-order valence-electron chi connectivity index (χ4n) is 3.93. The van der Waals surface area contributed by atoms with E-state index in [1.807, 2.05) is 28.9 Å². The molecule has 2 unspecified atom stereocenters. The van der Waals surface area contributed by atoms with Crippen molar-refractivity contribution in [2.24, 2.45) is 0 Å². The zero-order valence-corrected chi connectivity index (χ0v) is 16.1. The smallest absolute Gasteiger partial charge is 0.164 e. The van der Waals surface area contributed by atoms with Gasteiger partial charge in [0.15, 0.2) is 5.65 Å². The van der Waals surface area contributed by atoms with Gasteiger partial charge in [0.2, 0.25) is 0 Å². The number of aliphatic hydroxyl groups is 1. The van der Waals surface area contributed by atoms with Crippen LogP contribution in [0.2, 0.25) is 0 Å². The average Bonchev–Trinajstić information content (AvgIpc) is 3.35. The van der Waals surface area contributed by atoms with Crippen LogP contribution < -0.4 is 10.5 Å². The van der Waals surface area contributed by atoms with Crippen molar-refractivity contribution in [1.29, 1.82) is 0 Å². The average molecular weight is 405 g/mol. The number of nitrogen functional groups attached to an aromatic ring is 1. The van der Waals surface area contributed by atoms with E-state index in [1.165, 1.54) is 18.5 Å². The van der Waals surface area contributed by atoms with Crippen molar-refractivity contribution in [3.05, 3.63) is 60.7 Å². The first-order valence-electron chi connectivity index (χ1n) is 9.79. The molecule has 0 amide bonds. The van der Waals surface area contributed by atoms with Gasteiger partial charge in [-0.05, 0) is 67.8 Å². The minimum atomic E-state index is -0.320. The fraction of sp³-hybridized carbons (Fsp3) is 0.227. The van der Waals surface area contributed by atoms with Crippen molar-refractivity contribution in [3.63, 3.8) is 0 Å². The second-order valence-corrected chi connectivity index (χ2v) is 7.45. The largest absolute Gasteiger partial charge is 0.457 e. The molecule has 2 aromatic heterocycles. The van der Waals surface area contributed by atoms with Crippen LogP contribution in [0, 0.1) is 5.82 Å². The normalized spacial score (nSPS) is 18.7. The summed E-state index contributed by atoms with van der Waals surface area (Å²) in [5.74, 6) is 1.23. The molecule has 1 aliphatic carbocycles. The number of anilines is 1. The highest BCUT2D eigenvalue weighted by molar-refractivity contribution is 5.98. The van der Waals surface area contributed by atoms with Gasteiger partial charge in [-0.25, -0.2) is 19.0 Å². The second-order valence-electron chi connectivity index (χ2n) is 7.45. The van der Waals surface area contributed by atoms with Crippen LogP contribution in [0.4, 0.5) is 10.2 Å². The van der Waals surface area contributed by atoms with Gasteiger partial charge >= 0.3 is 0 Å². The Morgan fingerprint density at radius 1 is 1.00 bits per heavy atom. The molecule has 1 fully saturated rings. The maximum Gasteiger partial charge on any atom is 0.164 e. The summed E-state index contributed by atoms with van der Waals surface area (Å²) < 4.78 is 20.7. The summed E-state index contributed by atoms with van der Waals surface area (Å²) in [5, 5.41) is 15.4. The molecule has 2 aromatic carbocycles. The third kappa shape index (κ3) is 3.35. The monoisotopic (exact) mass is 405 g/mol. The lowest BCUT2D eigenvalue weighted by molar-refractivity contribution is 0.177. The molecule has 30 heavy (non-hydrogen) atoms. The number of aromatic nitrogens is 4. The molecule has 0 aliphatic heterocycles. The SMILES string of the molecule is Nc1ncnc2c1c(-c1ccc(Oc3ccc(F)cc3)cc1)nn2C1CCC(O)C1. The van der Waals surface area contributed by atoms with Crippen LogP contribution in [0.5, 0.6) is 11.5 Å². The van der Waals surface area contributed by atoms with Crippen LogP contribution in [-0.4, -0.2) is 31.0 Å². The molecular weight excluding hydrogens is 385 g/mol. The summed E-state index contributed by atoms with van der Waals surface area (Å²) in [6.07, 6.45) is 3.35. The number of rotatable bonds is 4. The highest BCUT2D eigenvalue weighted by Gasteiger charge is 2.28. The number of hydrogen-bond acceptors (Lipinski definition) is 6. The highest BCUT2D eigenvalue weighted by atomic mass is 19.1. The van der Waals surface area contributed by atoms with Gasteiger partial charge in [-0.1, -0.05) is 0 Å². The van der Waals surface area contributed by atoms with E-state index in [9.17, 15) is 9.50 Å². The molecule has 5 rings (SSSR count). The molecule has 1 aliphatic rings. The Hall–Kier alpha value is -3.52. The first kappa shape index (κ1) is 18.5. The first-order chi connectivity index (χ1) is 14.6. The van der Waals surface area contributed by atoms with E-state index in [1.54, 1.807) is 12.1 Å². The van der Waals surface area contributed by atoms with Gasteiger partial charge in [0.25, 0.3) is 0 Å². The molecular formula is C22H20FN5O2. The molecule has 1 saturated carbocycles. The second kappa shape index (κ2) is 7.38. The van der Waals surface area contributed by atoms with Crippen molar-refractivity contribution in [2.75, 3.05) is 5.73 Å². The number of nitrogens with two attached hydrogens (primary N) is 1. The third-order valence-electron chi connectivity index (χ3n) is 5.42. The predicted octanol–water partition coefficient (Wildman–Crippen LogP) is 4.09. The molecule has 8 heteroatoms. The van der Waals surface area contributed by atoms with Crippen molar-refractivity contribution >= 4 is 16.9 Å². The summed E-state index contributed by atoms with van der Waals surface area (Å²) in [6.45, 7) is 0. The minimum Gasteiger partial charge on any atom is -0.457 e. The maximum absolute atomic E-state index is 13.1. The van der Waals surface area contributed by atoms with Crippen molar-refractivity contribution < 1.29 is 14.2 Å². The lowest BCUT2D eigenvalue weighted by Gasteiger charge is -2.10. The molecule has 7 nitrogen and oxygen atoms in total. The standard InChI is InChI=1S/C22H20FN5O2/c23-14-3-9-18(10-4-14)30-17-7-1-13(2-8-17)20-19-21(24)25-12-26-22(19)28(27-20)15-5-6-16(29)11-15/h1-4,7-10,12,15-16,29H,5-6,11H2,(H2,24,25,26). The van der Waals surface area contributed by atoms with Crippen LogP contribution in [0.3, 0.4) is 0 Å². The number of fused-ring (bicyclic) bond motifs is 1. The van der Waals surface area contributed by atoms with E-state index in [-0.39, 0.29) is 18.0 Å². The Morgan fingerprint density at radius 3 is 2.37 bits per heavy atom. The number of hydrogen-bond donors (Lipinski definition) is 2. The third-order valence-corrected chi connectivity index (χ3v) is 5.42. The number of ether oxygens (including phenoxy) is 1. The van der Waals surface area contributed by atoms with Crippen LogP contribution in [0.25, 0.3) is 22.3 Å². The van der Waals surface area contributed by atoms with Gasteiger partial charge in [-0.3, -0.25) is 0 Å². The van der Waals surface area contributed by atoms with E-state index in [0.29, 0.717) is 40.5 Å². The molecule has 2 atom stereocenters. The molecule has 0 spiro atoms.